The molecule has 0 unspecified atom stereocenters. The number of halogens is 3. The molecule has 1 amide bonds. The Bertz CT molecular complexity index is 1110. The summed E-state index contributed by atoms with van der Waals surface area (Å²) in [5.41, 5.74) is 1.47. The molecule has 8 heteroatoms. The van der Waals surface area contributed by atoms with Gasteiger partial charge in [-0.25, -0.2) is 0 Å². The summed E-state index contributed by atoms with van der Waals surface area (Å²) in [6.07, 6.45) is -1.17. The summed E-state index contributed by atoms with van der Waals surface area (Å²) in [5, 5.41) is 8.14. The fraction of sp³-hybridized carbons (Fsp3) is 0.409. The topological polar surface area (TPSA) is 50.5 Å². The molecule has 1 aliphatic heterocycles. The Morgan fingerprint density at radius 1 is 1.03 bits per heavy atom. The minimum atomic E-state index is -4.34. The third-order valence-corrected chi connectivity index (χ3v) is 6.49. The molecule has 3 aromatic rings. The standard InChI is InChI=1S/C22H21F3N4O/c1-13-6-7-19-26-27-20(29(19)10-13)21(30)28-11-15-8-14(9-16(15)12-28)17-4-2-3-5-18(17)22(23,24)25/h2-7,10,14-16H,8-9,11-12H2,1H3/t14-,15+,16-. The van der Waals surface area contributed by atoms with Gasteiger partial charge >= 0.3 is 6.18 Å². The average molecular weight is 414 g/mol. The van der Waals surface area contributed by atoms with Crippen LogP contribution in [0.4, 0.5) is 13.2 Å². The fourth-order valence-electron chi connectivity index (χ4n) is 5.12. The number of benzene rings is 1. The maximum Gasteiger partial charge on any atom is 0.416 e. The Morgan fingerprint density at radius 3 is 2.43 bits per heavy atom. The van der Waals surface area contributed by atoms with E-state index in [4.69, 9.17) is 0 Å². The maximum atomic E-state index is 13.4. The summed E-state index contributed by atoms with van der Waals surface area (Å²) >= 11 is 0. The van der Waals surface area contributed by atoms with Crippen molar-refractivity contribution < 1.29 is 18.0 Å². The molecule has 3 heterocycles. The van der Waals surface area contributed by atoms with Crippen LogP contribution in [-0.4, -0.2) is 38.5 Å². The van der Waals surface area contributed by atoms with Crippen LogP contribution in [0.15, 0.2) is 42.6 Å². The predicted molar refractivity (Wildman–Crippen MR) is 104 cm³/mol. The van der Waals surface area contributed by atoms with Crippen LogP contribution in [0.3, 0.4) is 0 Å². The Kier molecular flexibility index (Phi) is 4.34. The number of fused-ring (bicyclic) bond motifs is 2. The van der Waals surface area contributed by atoms with Gasteiger partial charge in [-0.15, -0.1) is 10.2 Å². The quantitative estimate of drug-likeness (QED) is 0.628. The second-order valence-corrected chi connectivity index (χ2v) is 8.44. The molecule has 1 saturated carbocycles. The van der Waals surface area contributed by atoms with Crippen LogP contribution < -0.4 is 0 Å². The number of nitrogens with zero attached hydrogens (tertiary/aromatic N) is 4. The van der Waals surface area contributed by atoms with E-state index < -0.39 is 11.7 Å². The maximum absolute atomic E-state index is 13.4. The molecule has 2 aliphatic rings. The van der Waals surface area contributed by atoms with Gasteiger partial charge < -0.3 is 4.90 Å². The van der Waals surface area contributed by atoms with Crippen molar-refractivity contribution in [3.63, 3.8) is 0 Å². The summed E-state index contributed by atoms with van der Waals surface area (Å²) in [6.45, 7) is 3.04. The van der Waals surface area contributed by atoms with Gasteiger partial charge in [0.25, 0.3) is 5.91 Å². The van der Waals surface area contributed by atoms with Gasteiger partial charge in [0.1, 0.15) is 0 Å². The van der Waals surface area contributed by atoms with Crippen molar-refractivity contribution in [2.45, 2.75) is 31.9 Å². The molecular weight excluding hydrogens is 393 g/mol. The van der Waals surface area contributed by atoms with Crippen molar-refractivity contribution in [1.82, 2.24) is 19.5 Å². The van der Waals surface area contributed by atoms with E-state index in [0.29, 0.717) is 37.1 Å². The number of hydrogen-bond acceptors (Lipinski definition) is 3. The molecule has 30 heavy (non-hydrogen) atoms. The first-order chi connectivity index (χ1) is 14.3. The number of hydrogen-bond donors (Lipinski definition) is 0. The van der Waals surface area contributed by atoms with Crippen molar-refractivity contribution in [3.05, 3.63) is 65.1 Å². The first-order valence-corrected chi connectivity index (χ1v) is 10.1. The number of pyridine rings is 1. The van der Waals surface area contributed by atoms with E-state index in [1.54, 1.807) is 21.4 Å². The van der Waals surface area contributed by atoms with Crippen molar-refractivity contribution in [2.75, 3.05) is 13.1 Å². The highest BCUT2D eigenvalue weighted by atomic mass is 19.4. The summed E-state index contributed by atoms with van der Waals surface area (Å²) in [6, 6.07) is 9.61. The zero-order valence-electron chi connectivity index (χ0n) is 16.4. The van der Waals surface area contributed by atoms with Gasteiger partial charge in [0.05, 0.1) is 5.56 Å². The van der Waals surface area contributed by atoms with Crippen LogP contribution in [0.25, 0.3) is 5.65 Å². The molecule has 1 aromatic carbocycles. The van der Waals surface area contributed by atoms with Gasteiger partial charge in [-0.3, -0.25) is 9.20 Å². The second kappa shape index (κ2) is 6.82. The smallest absolute Gasteiger partial charge is 0.335 e. The average Bonchev–Trinajstić information content (AvgIpc) is 3.39. The number of alkyl halides is 3. The fourth-order valence-corrected chi connectivity index (χ4v) is 5.12. The van der Waals surface area contributed by atoms with Crippen LogP contribution in [0, 0.1) is 18.8 Å². The highest BCUT2D eigenvalue weighted by Crippen LogP contribution is 2.49. The van der Waals surface area contributed by atoms with Gasteiger partial charge in [0, 0.05) is 19.3 Å². The van der Waals surface area contributed by atoms with Gasteiger partial charge in [-0.2, -0.15) is 13.2 Å². The Morgan fingerprint density at radius 2 is 1.73 bits per heavy atom. The molecule has 3 atom stereocenters. The lowest BCUT2D eigenvalue weighted by Gasteiger charge is -2.21. The number of rotatable bonds is 2. The zero-order chi connectivity index (χ0) is 21.0. The van der Waals surface area contributed by atoms with Crippen LogP contribution in [0.2, 0.25) is 0 Å². The second-order valence-electron chi connectivity index (χ2n) is 8.44. The largest absolute Gasteiger partial charge is 0.416 e. The summed E-state index contributed by atoms with van der Waals surface area (Å²) in [4.78, 5) is 14.8. The number of aryl methyl sites for hydroxylation is 1. The molecule has 5 rings (SSSR count). The number of carbonyl (C=O) groups is 1. The van der Waals surface area contributed by atoms with E-state index in [9.17, 15) is 18.0 Å². The van der Waals surface area contributed by atoms with E-state index in [2.05, 4.69) is 10.2 Å². The molecule has 2 fully saturated rings. The molecule has 0 bridgehead atoms. The highest BCUT2D eigenvalue weighted by Gasteiger charge is 2.45. The Balaban J connectivity index is 1.33. The highest BCUT2D eigenvalue weighted by molar-refractivity contribution is 5.91. The van der Waals surface area contributed by atoms with Crippen molar-refractivity contribution in [2.24, 2.45) is 11.8 Å². The van der Waals surface area contributed by atoms with Gasteiger partial charge in [-0.05, 0) is 60.8 Å². The SMILES string of the molecule is Cc1ccc2nnc(C(=O)N3C[C@H]4C[C@H](c5ccccc5C(F)(F)F)C[C@H]4C3)n2c1. The molecule has 1 saturated heterocycles. The number of likely N-dealkylation sites (tertiary alicyclic amines) is 1. The third kappa shape index (κ3) is 3.14. The third-order valence-electron chi connectivity index (χ3n) is 6.49. The Labute approximate surface area is 171 Å². The predicted octanol–water partition coefficient (Wildman–Crippen LogP) is 4.32. The molecular formula is C22H21F3N4O. The normalized spacial score (nSPS) is 23.9. The lowest BCUT2D eigenvalue weighted by atomic mass is 9.91. The molecule has 1 aliphatic carbocycles. The van der Waals surface area contributed by atoms with Gasteiger partial charge in [-0.1, -0.05) is 24.3 Å². The van der Waals surface area contributed by atoms with Crippen LogP contribution in [-0.2, 0) is 6.18 Å². The molecule has 0 N–H and O–H groups in total. The summed E-state index contributed by atoms with van der Waals surface area (Å²) in [7, 11) is 0. The first-order valence-electron chi connectivity index (χ1n) is 10.1. The van der Waals surface area contributed by atoms with E-state index in [1.165, 1.54) is 6.07 Å². The number of amides is 1. The minimum Gasteiger partial charge on any atom is -0.335 e. The van der Waals surface area contributed by atoms with Crippen LogP contribution >= 0.6 is 0 Å². The zero-order valence-corrected chi connectivity index (χ0v) is 16.4. The Hall–Kier alpha value is -2.90. The monoisotopic (exact) mass is 414 g/mol. The molecule has 5 nitrogen and oxygen atoms in total. The van der Waals surface area contributed by atoms with Gasteiger partial charge in [0.15, 0.2) is 5.65 Å². The molecule has 0 spiro atoms. The van der Waals surface area contributed by atoms with E-state index in [1.807, 2.05) is 25.3 Å². The van der Waals surface area contributed by atoms with Crippen LogP contribution in [0.1, 0.15) is 46.1 Å². The van der Waals surface area contributed by atoms with Crippen molar-refractivity contribution in [1.29, 1.82) is 0 Å². The summed E-state index contributed by atoms with van der Waals surface area (Å²) < 4.78 is 41.9. The van der Waals surface area contributed by atoms with E-state index >= 15 is 0 Å². The van der Waals surface area contributed by atoms with Gasteiger partial charge in [0.2, 0.25) is 5.82 Å². The molecule has 156 valence electrons. The van der Waals surface area contributed by atoms with Crippen molar-refractivity contribution >= 4 is 11.6 Å². The van der Waals surface area contributed by atoms with E-state index in [0.717, 1.165) is 11.6 Å². The summed E-state index contributed by atoms with van der Waals surface area (Å²) in [5.74, 6) is 0.413. The lowest BCUT2D eigenvalue weighted by molar-refractivity contribution is -0.138. The molecule has 0 radical (unpaired) electrons. The minimum absolute atomic E-state index is 0.119. The number of aromatic nitrogens is 3. The van der Waals surface area contributed by atoms with Crippen LogP contribution in [0.5, 0.6) is 0 Å². The van der Waals surface area contributed by atoms with E-state index in [-0.39, 0.29) is 29.5 Å². The lowest BCUT2D eigenvalue weighted by Crippen LogP contribution is -2.31. The number of carbonyl (C=O) groups excluding carboxylic acids is 1. The first kappa shape index (κ1) is 19.1. The van der Waals surface area contributed by atoms with Crippen molar-refractivity contribution in [3.8, 4) is 0 Å². The molecule has 2 aromatic heterocycles.